The van der Waals surface area contributed by atoms with Crippen LogP contribution in [-0.2, 0) is 6.54 Å². The molecule has 1 N–H and O–H groups in total. The van der Waals surface area contributed by atoms with Crippen molar-refractivity contribution in [2.45, 2.75) is 53.6 Å². The number of aryl methyl sites for hydroxylation is 2. The molecule has 0 bridgehead atoms. The van der Waals surface area contributed by atoms with E-state index in [1.54, 1.807) is 7.11 Å². The number of hydrogen-bond donors (Lipinski definition) is 1. The van der Waals surface area contributed by atoms with Crippen molar-refractivity contribution in [1.29, 1.82) is 0 Å². The van der Waals surface area contributed by atoms with E-state index in [-0.39, 0.29) is 6.61 Å². The molecule has 142 valence electrons. The molecule has 0 aromatic heterocycles. The predicted molar refractivity (Wildman–Crippen MR) is 104 cm³/mol. The Balaban J connectivity index is 2.06. The molecule has 0 amide bonds. The van der Waals surface area contributed by atoms with Crippen molar-refractivity contribution in [3.63, 3.8) is 0 Å². The van der Waals surface area contributed by atoms with Crippen LogP contribution >= 0.6 is 0 Å². The normalized spacial score (nSPS) is 20.0. The zero-order chi connectivity index (χ0) is 18.6. The van der Waals surface area contributed by atoms with E-state index in [0.29, 0.717) is 11.5 Å². The molecule has 25 heavy (non-hydrogen) atoms. The molecule has 1 aromatic carbocycles. The number of ether oxygens (including phenoxy) is 1. The number of aliphatic hydroxyl groups is 1. The summed E-state index contributed by atoms with van der Waals surface area (Å²) in [5.74, 6) is 0.967. The first-order chi connectivity index (χ1) is 11.7. The van der Waals surface area contributed by atoms with E-state index in [2.05, 4.69) is 56.6 Å². The summed E-state index contributed by atoms with van der Waals surface area (Å²) < 4.78 is 5.43. The van der Waals surface area contributed by atoms with Gasteiger partial charge in [-0.3, -0.25) is 9.80 Å². The van der Waals surface area contributed by atoms with Crippen molar-refractivity contribution in [2.24, 2.45) is 5.41 Å². The molecule has 1 atom stereocenters. The van der Waals surface area contributed by atoms with Crippen LogP contribution in [0.2, 0.25) is 0 Å². The number of piperazine rings is 1. The van der Waals surface area contributed by atoms with Crippen molar-refractivity contribution in [3.8, 4) is 5.75 Å². The summed E-state index contributed by atoms with van der Waals surface area (Å²) in [5, 5.41) is 9.49. The van der Waals surface area contributed by atoms with Crippen LogP contribution in [0, 0.1) is 19.3 Å². The molecule has 0 spiro atoms. The van der Waals surface area contributed by atoms with Crippen LogP contribution in [0.15, 0.2) is 12.1 Å². The summed E-state index contributed by atoms with van der Waals surface area (Å²) >= 11 is 0. The third kappa shape index (κ3) is 5.70. The number of hydrogen-bond acceptors (Lipinski definition) is 4. The number of benzene rings is 1. The Morgan fingerprint density at radius 3 is 2.48 bits per heavy atom. The highest BCUT2D eigenvalue weighted by Crippen LogP contribution is 2.26. The largest absolute Gasteiger partial charge is 0.496 e. The highest BCUT2D eigenvalue weighted by molar-refractivity contribution is 5.41. The molecule has 1 heterocycles. The van der Waals surface area contributed by atoms with Gasteiger partial charge in [0.1, 0.15) is 5.75 Å². The van der Waals surface area contributed by atoms with Gasteiger partial charge in [-0.2, -0.15) is 0 Å². The number of rotatable bonds is 6. The summed E-state index contributed by atoms with van der Waals surface area (Å²) in [6.45, 7) is 16.7. The van der Waals surface area contributed by atoms with E-state index in [1.807, 2.05) is 0 Å². The highest BCUT2D eigenvalue weighted by Gasteiger charge is 2.29. The molecular weight excluding hydrogens is 312 g/mol. The summed E-state index contributed by atoms with van der Waals surface area (Å²) in [6.07, 6.45) is 0.854. The minimum atomic E-state index is 0.264. The van der Waals surface area contributed by atoms with Crippen molar-refractivity contribution in [2.75, 3.05) is 39.9 Å². The third-order valence-electron chi connectivity index (χ3n) is 5.08. The Bertz CT molecular complexity index is 566. The van der Waals surface area contributed by atoms with Gasteiger partial charge in [0.2, 0.25) is 0 Å². The van der Waals surface area contributed by atoms with Crippen LogP contribution < -0.4 is 4.74 Å². The molecule has 0 radical (unpaired) electrons. The maximum absolute atomic E-state index is 9.49. The molecule has 1 aromatic rings. The minimum absolute atomic E-state index is 0.264. The summed E-state index contributed by atoms with van der Waals surface area (Å²) in [4.78, 5) is 5.10. The lowest BCUT2D eigenvalue weighted by Crippen LogP contribution is -2.54. The van der Waals surface area contributed by atoms with Gasteiger partial charge in [-0.1, -0.05) is 26.8 Å². The Hall–Kier alpha value is -1.10. The fourth-order valence-corrected chi connectivity index (χ4v) is 3.82. The SMILES string of the molecule is COc1cc(C)c(CN2CCN(CC(C)(C)C)C(CCO)C2)cc1C. The van der Waals surface area contributed by atoms with Crippen LogP contribution in [0.1, 0.15) is 43.9 Å². The van der Waals surface area contributed by atoms with Gasteiger partial charge in [-0.25, -0.2) is 0 Å². The second kappa shape index (κ2) is 8.52. The van der Waals surface area contributed by atoms with E-state index in [4.69, 9.17) is 4.74 Å². The highest BCUT2D eigenvalue weighted by atomic mass is 16.5. The lowest BCUT2D eigenvalue weighted by molar-refractivity contribution is 0.0339. The smallest absolute Gasteiger partial charge is 0.122 e. The van der Waals surface area contributed by atoms with Gasteiger partial charge in [0.15, 0.2) is 0 Å². The van der Waals surface area contributed by atoms with Crippen LogP contribution in [0.4, 0.5) is 0 Å². The Labute approximate surface area is 153 Å². The molecule has 0 saturated carbocycles. The molecule has 1 aliphatic rings. The van der Waals surface area contributed by atoms with Crippen LogP contribution in [0.25, 0.3) is 0 Å². The fraction of sp³-hybridized carbons (Fsp3) is 0.714. The second-order valence-corrected chi connectivity index (χ2v) is 8.68. The van der Waals surface area contributed by atoms with Gasteiger partial charge in [0.05, 0.1) is 7.11 Å². The second-order valence-electron chi connectivity index (χ2n) is 8.68. The average molecular weight is 349 g/mol. The lowest BCUT2D eigenvalue weighted by atomic mass is 9.94. The first-order valence-corrected chi connectivity index (χ1v) is 9.45. The van der Waals surface area contributed by atoms with E-state index >= 15 is 0 Å². The van der Waals surface area contributed by atoms with Crippen LogP contribution in [0.5, 0.6) is 5.75 Å². The lowest BCUT2D eigenvalue weighted by Gasteiger charge is -2.44. The monoisotopic (exact) mass is 348 g/mol. The molecule has 4 heteroatoms. The molecule has 1 saturated heterocycles. The number of aliphatic hydroxyl groups excluding tert-OH is 1. The molecule has 0 aliphatic carbocycles. The molecule has 1 unspecified atom stereocenters. The topological polar surface area (TPSA) is 35.9 Å². The number of methoxy groups -OCH3 is 1. The summed E-state index contributed by atoms with van der Waals surface area (Å²) in [6, 6.07) is 4.85. The zero-order valence-electron chi connectivity index (χ0n) is 16.9. The van der Waals surface area contributed by atoms with Crippen molar-refractivity contribution >= 4 is 0 Å². The quantitative estimate of drug-likeness (QED) is 0.856. The Morgan fingerprint density at radius 1 is 1.16 bits per heavy atom. The molecular formula is C21H36N2O2. The van der Waals surface area contributed by atoms with E-state index in [9.17, 15) is 5.11 Å². The molecule has 1 fully saturated rings. The summed E-state index contributed by atoms with van der Waals surface area (Å²) in [7, 11) is 1.73. The fourth-order valence-electron chi connectivity index (χ4n) is 3.82. The molecule has 1 aliphatic heterocycles. The standard InChI is InChI=1S/C21H36N2O2/c1-16-12-20(25-6)17(2)11-18(16)13-22-8-9-23(15-21(3,4)5)19(14-22)7-10-24/h11-12,19,24H,7-10,13-15H2,1-6H3. The molecule has 2 rings (SSSR count). The third-order valence-corrected chi connectivity index (χ3v) is 5.08. The van der Waals surface area contributed by atoms with E-state index < -0.39 is 0 Å². The first kappa shape index (κ1) is 20.2. The van der Waals surface area contributed by atoms with Gasteiger partial charge in [0, 0.05) is 45.4 Å². The average Bonchev–Trinajstić information content (AvgIpc) is 2.52. The van der Waals surface area contributed by atoms with Gasteiger partial charge >= 0.3 is 0 Å². The van der Waals surface area contributed by atoms with E-state index in [0.717, 1.165) is 44.9 Å². The van der Waals surface area contributed by atoms with Crippen LogP contribution in [-0.4, -0.2) is 60.8 Å². The maximum Gasteiger partial charge on any atom is 0.122 e. The zero-order valence-corrected chi connectivity index (χ0v) is 16.9. The minimum Gasteiger partial charge on any atom is -0.496 e. The summed E-state index contributed by atoms with van der Waals surface area (Å²) in [5.41, 5.74) is 4.16. The van der Waals surface area contributed by atoms with Gasteiger partial charge in [-0.15, -0.1) is 0 Å². The van der Waals surface area contributed by atoms with Gasteiger partial charge in [0.25, 0.3) is 0 Å². The Kier molecular flexibility index (Phi) is 6.89. The van der Waals surface area contributed by atoms with Crippen molar-refractivity contribution < 1.29 is 9.84 Å². The van der Waals surface area contributed by atoms with Gasteiger partial charge in [-0.05, 0) is 48.4 Å². The van der Waals surface area contributed by atoms with Crippen molar-refractivity contribution in [3.05, 3.63) is 28.8 Å². The van der Waals surface area contributed by atoms with Crippen LogP contribution in [0.3, 0.4) is 0 Å². The van der Waals surface area contributed by atoms with E-state index in [1.165, 1.54) is 16.7 Å². The number of nitrogens with zero attached hydrogens (tertiary/aromatic N) is 2. The van der Waals surface area contributed by atoms with Crippen molar-refractivity contribution in [1.82, 2.24) is 9.80 Å². The maximum atomic E-state index is 9.49. The molecule has 4 nitrogen and oxygen atoms in total. The first-order valence-electron chi connectivity index (χ1n) is 9.45. The Morgan fingerprint density at radius 2 is 1.88 bits per heavy atom. The predicted octanol–water partition coefficient (Wildman–Crippen LogP) is 3.23. The van der Waals surface area contributed by atoms with Gasteiger partial charge < -0.3 is 9.84 Å².